The highest BCUT2D eigenvalue weighted by atomic mass is 32.2. The zero-order chi connectivity index (χ0) is 21.6. The predicted octanol–water partition coefficient (Wildman–Crippen LogP) is 1.16. The highest BCUT2D eigenvalue weighted by molar-refractivity contribution is 7.92. The van der Waals surface area contributed by atoms with Gasteiger partial charge < -0.3 is 10.2 Å². The van der Waals surface area contributed by atoms with Crippen LogP contribution in [0, 0.1) is 0 Å². The van der Waals surface area contributed by atoms with Crippen LogP contribution in [0.3, 0.4) is 0 Å². The molecule has 10 nitrogen and oxygen atoms in total. The molecule has 1 aliphatic heterocycles. The van der Waals surface area contributed by atoms with E-state index >= 15 is 0 Å². The Balaban J connectivity index is 1.55. The van der Waals surface area contributed by atoms with Crippen LogP contribution in [0.5, 0.6) is 0 Å². The van der Waals surface area contributed by atoms with E-state index < -0.39 is 10.0 Å². The Morgan fingerprint density at radius 2 is 1.93 bits per heavy atom. The number of hydrogen-bond acceptors (Lipinski definition) is 7. The van der Waals surface area contributed by atoms with Crippen molar-refractivity contribution in [1.29, 1.82) is 0 Å². The molecule has 1 aromatic carbocycles. The molecule has 1 aliphatic rings. The van der Waals surface area contributed by atoms with E-state index in [-0.39, 0.29) is 35.2 Å². The minimum atomic E-state index is -3.85. The van der Waals surface area contributed by atoms with Crippen molar-refractivity contribution in [2.45, 2.75) is 37.1 Å². The third kappa shape index (κ3) is 5.74. The van der Waals surface area contributed by atoms with E-state index in [1.165, 1.54) is 41.6 Å². The lowest BCUT2D eigenvalue weighted by atomic mass is 10.1. The number of hydrogen-bond donors (Lipinski definition) is 3. The highest BCUT2D eigenvalue weighted by Gasteiger charge is 2.26. The van der Waals surface area contributed by atoms with E-state index in [1.807, 2.05) is 0 Å². The van der Waals surface area contributed by atoms with Crippen LogP contribution >= 0.6 is 0 Å². The fourth-order valence-corrected chi connectivity index (χ4v) is 4.02. The summed E-state index contributed by atoms with van der Waals surface area (Å²) in [6.07, 6.45) is 5.15. The van der Waals surface area contributed by atoms with Gasteiger partial charge in [0, 0.05) is 30.5 Å². The molecular weight excluding hydrogens is 408 g/mol. The Morgan fingerprint density at radius 1 is 1.23 bits per heavy atom. The molecule has 1 saturated heterocycles. The maximum absolute atomic E-state index is 12.4. The molecule has 0 spiro atoms. The molecule has 0 saturated carbocycles. The van der Waals surface area contributed by atoms with E-state index in [9.17, 15) is 18.0 Å². The van der Waals surface area contributed by atoms with E-state index in [0.29, 0.717) is 18.8 Å². The van der Waals surface area contributed by atoms with E-state index in [1.54, 1.807) is 6.07 Å². The van der Waals surface area contributed by atoms with Gasteiger partial charge in [-0.05, 0) is 36.8 Å². The molecule has 11 heteroatoms. The Kier molecular flexibility index (Phi) is 6.95. The van der Waals surface area contributed by atoms with Gasteiger partial charge in [-0.25, -0.2) is 23.1 Å². The minimum Gasteiger partial charge on any atom is -0.325 e. The fourth-order valence-electron chi connectivity index (χ4n) is 3.06. The molecule has 1 unspecified atom stereocenters. The van der Waals surface area contributed by atoms with Crippen LogP contribution < -0.4 is 15.4 Å². The molecule has 2 heterocycles. The highest BCUT2D eigenvalue weighted by Crippen LogP contribution is 2.17. The normalized spacial score (nSPS) is 16.9. The van der Waals surface area contributed by atoms with Crippen LogP contribution in [0.15, 0.2) is 47.6 Å². The van der Waals surface area contributed by atoms with Gasteiger partial charge in [-0.2, -0.15) is 0 Å². The van der Waals surface area contributed by atoms with Crippen LogP contribution in [0.25, 0.3) is 0 Å². The lowest BCUT2D eigenvalue weighted by Crippen LogP contribution is -2.52. The Bertz CT molecular complexity index is 982. The number of benzene rings is 1. The van der Waals surface area contributed by atoms with Crippen molar-refractivity contribution >= 4 is 33.5 Å². The molecule has 0 radical (unpaired) electrons. The first-order valence-corrected chi connectivity index (χ1v) is 11.1. The molecule has 3 N–H and O–H groups in total. The van der Waals surface area contributed by atoms with Crippen LogP contribution in [0.4, 0.5) is 11.6 Å². The van der Waals surface area contributed by atoms with Crippen LogP contribution in [0.1, 0.15) is 26.2 Å². The van der Waals surface area contributed by atoms with Gasteiger partial charge in [0.2, 0.25) is 17.8 Å². The summed E-state index contributed by atoms with van der Waals surface area (Å²) in [4.78, 5) is 33.6. The summed E-state index contributed by atoms with van der Waals surface area (Å²) in [6, 6.07) is 7.42. The lowest BCUT2D eigenvalue weighted by molar-refractivity contribution is -0.138. The predicted molar refractivity (Wildman–Crippen MR) is 111 cm³/mol. The second kappa shape index (κ2) is 9.63. The fraction of sp³-hybridized carbons (Fsp3) is 0.368. The number of amides is 2. The zero-order valence-electron chi connectivity index (χ0n) is 16.5. The maximum atomic E-state index is 12.4. The minimum absolute atomic E-state index is 0.00493. The van der Waals surface area contributed by atoms with Gasteiger partial charge in [-0.3, -0.25) is 14.9 Å². The summed E-state index contributed by atoms with van der Waals surface area (Å²) < 4.78 is 27.0. The molecule has 2 aromatic rings. The summed E-state index contributed by atoms with van der Waals surface area (Å²) >= 11 is 0. The van der Waals surface area contributed by atoms with Crippen molar-refractivity contribution in [2.75, 3.05) is 23.3 Å². The SMILES string of the molecule is CCCC1CC(=O)N(CC(=O)Nc2ccc(S(=O)(=O)Nc3ncccn3)cc2)CN1. The first-order valence-electron chi connectivity index (χ1n) is 9.58. The van der Waals surface area contributed by atoms with Crippen molar-refractivity contribution in [3.8, 4) is 0 Å². The molecule has 0 bridgehead atoms. The van der Waals surface area contributed by atoms with Crippen molar-refractivity contribution in [3.63, 3.8) is 0 Å². The number of carbonyl (C=O) groups is 2. The lowest BCUT2D eigenvalue weighted by Gasteiger charge is -2.32. The van der Waals surface area contributed by atoms with Crippen molar-refractivity contribution in [2.24, 2.45) is 0 Å². The second-order valence-corrected chi connectivity index (χ2v) is 8.58. The topological polar surface area (TPSA) is 133 Å². The van der Waals surface area contributed by atoms with Crippen molar-refractivity contribution in [1.82, 2.24) is 20.2 Å². The summed E-state index contributed by atoms with van der Waals surface area (Å²) in [5.74, 6) is -0.445. The van der Waals surface area contributed by atoms with E-state index in [0.717, 1.165) is 12.8 Å². The largest absolute Gasteiger partial charge is 0.325 e. The van der Waals surface area contributed by atoms with Crippen LogP contribution in [-0.2, 0) is 19.6 Å². The molecule has 2 amide bonds. The first kappa shape index (κ1) is 21.7. The molecule has 0 aliphatic carbocycles. The van der Waals surface area contributed by atoms with E-state index in [2.05, 4.69) is 32.2 Å². The van der Waals surface area contributed by atoms with Crippen LogP contribution in [-0.4, -0.2) is 54.4 Å². The Hall–Kier alpha value is -3.05. The number of aromatic nitrogens is 2. The number of nitrogens with one attached hydrogen (secondary N) is 3. The van der Waals surface area contributed by atoms with Gasteiger partial charge in [0.25, 0.3) is 10.0 Å². The summed E-state index contributed by atoms with van der Waals surface area (Å²) in [5.41, 5.74) is 0.427. The van der Waals surface area contributed by atoms with E-state index in [4.69, 9.17) is 0 Å². The number of carbonyl (C=O) groups excluding carboxylic acids is 2. The maximum Gasteiger partial charge on any atom is 0.264 e. The van der Waals surface area contributed by atoms with Crippen molar-refractivity contribution in [3.05, 3.63) is 42.7 Å². The summed E-state index contributed by atoms with van der Waals surface area (Å²) in [5, 5.41) is 5.93. The molecule has 160 valence electrons. The second-order valence-electron chi connectivity index (χ2n) is 6.89. The Labute approximate surface area is 175 Å². The van der Waals surface area contributed by atoms with Crippen LogP contribution in [0.2, 0.25) is 0 Å². The van der Waals surface area contributed by atoms with Gasteiger partial charge in [-0.1, -0.05) is 13.3 Å². The van der Waals surface area contributed by atoms with Gasteiger partial charge in [0.05, 0.1) is 11.6 Å². The molecule has 1 aromatic heterocycles. The average Bonchev–Trinajstić information content (AvgIpc) is 2.71. The van der Waals surface area contributed by atoms with Crippen molar-refractivity contribution < 1.29 is 18.0 Å². The quantitative estimate of drug-likeness (QED) is 0.570. The monoisotopic (exact) mass is 432 g/mol. The number of rotatable bonds is 8. The molecular formula is C19H24N6O4S. The summed E-state index contributed by atoms with van der Waals surface area (Å²) in [7, 11) is -3.85. The third-order valence-electron chi connectivity index (χ3n) is 4.56. The third-order valence-corrected chi connectivity index (χ3v) is 5.90. The van der Waals surface area contributed by atoms with Gasteiger partial charge >= 0.3 is 0 Å². The zero-order valence-corrected chi connectivity index (χ0v) is 17.4. The molecule has 1 fully saturated rings. The molecule has 3 rings (SSSR count). The Morgan fingerprint density at radius 3 is 2.57 bits per heavy atom. The molecule has 30 heavy (non-hydrogen) atoms. The smallest absolute Gasteiger partial charge is 0.264 e. The number of sulfonamides is 1. The van der Waals surface area contributed by atoms with Gasteiger partial charge in [0.15, 0.2) is 0 Å². The number of anilines is 2. The van der Waals surface area contributed by atoms with Gasteiger partial charge in [0.1, 0.15) is 6.54 Å². The van der Waals surface area contributed by atoms with Gasteiger partial charge in [-0.15, -0.1) is 0 Å². The average molecular weight is 433 g/mol. The first-order chi connectivity index (χ1) is 14.4. The standard InChI is InChI=1S/C19H24N6O4S/c1-2-4-15-11-18(27)25(13-22-15)12-17(26)23-14-5-7-16(8-6-14)30(28,29)24-19-20-9-3-10-21-19/h3,5-10,15,22H,2,4,11-13H2,1H3,(H,23,26)(H,20,21,24). The summed E-state index contributed by atoms with van der Waals surface area (Å²) in [6.45, 7) is 2.33. The number of nitrogens with zero attached hydrogens (tertiary/aromatic N) is 3. The molecule has 1 atom stereocenters.